The Kier molecular flexibility index (Phi) is 5.94. The molecule has 0 radical (unpaired) electrons. The van der Waals surface area contributed by atoms with Gasteiger partial charge in [0.25, 0.3) is 0 Å². The van der Waals surface area contributed by atoms with Gasteiger partial charge in [-0.1, -0.05) is 41.6 Å². The van der Waals surface area contributed by atoms with Crippen molar-refractivity contribution in [3.63, 3.8) is 0 Å². The molecule has 0 spiro atoms. The van der Waals surface area contributed by atoms with Crippen LogP contribution in [0.3, 0.4) is 0 Å². The smallest absolute Gasteiger partial charge is 0.243 e. The van der Waals surface area contributed by atoms with Crippen LogP contribution in [0.15, 0.2) is 64.6 Å². The minimum absolute atomic E-state index is 0.0965. The van der Waals surface area contributed by atoms with Crippen LogP contribution in [0.2, 0.25) is 5.02 Å². The molecule has 2 heterocycles. The van der Waals surface area contributed by atoms with Crippen molar-refractivity contribution in [2.24, 2.45) is 0 Å². The Balaban J connectivity index is 1.80. The number of sulfonamides is 1. The van der Waals surface area contributed by atoms with E-state index in [9.17, 15) is 8.42 Å². The number of hydrogen-bond donors (Lipinski definition) is 1. The number of hydrogen-bond acceptors (Lipinski definition) is 6. The van der Waals surface area contributed by atoms with E-state index in [0.717, 1.165) is 5.69 Å². The third-order valence-electron chi connectivity index (χ3n) is 4.81. The van der Waals surface area contributed by atoms with Gasteiger partial charge in [0.15, 0.2) is 11.0 Å². The van der Waals surface area contributed by atoms with Gasteiger partial charge in [-0.2, -0.15) is 16.9 Å². The second-order valence-corrected chi connectivity index (χ2v) is 10.5. The highest BCUT2D eigenvalue weighted by Crippen LogP contribution is 2.39. The lowest BCUT2D eigenvalue weighted by molar-refractivity contribution is 0.379. The quantitative estimate of drug-likeness (QED) is 0.453. The van der Waals surface area contributed by atoms with Crippen molar-refractivity contribution < 1.29 is 8.42 Å². The van der Waals surface area contributed by atoms with Crippen LogP contribution in [0.25, 0.3) is 5.69 Å². The number of nitrogens with zero attached hydrogens (tertiary/aromatic N) is 4. The average Bonchev–Trinajstić information content (AvgIpc) is 3.32. The fourth-order valence-corrected chi connectivity index (χ4v) is 6.23. The fourth-order valence-electron chi connectivity index (χ4n) is 3.48. The van der Waals surface area contributed by atoms with Crippen LogP contribution >= 0.6 is 36.0 Å². The Hall–Kier alpha value is -1.52. The van der Waals surface area contributed by atoms with E-state index in [4.69, 9.17) is 11.6 Å². The van der Waals surface area contributed by atoms with Crippen LogP contribution in [0.5, 0.6) is 0 Å². The van der Waals surface area contributed by atoms with E-state index < -0.39 is 16.1 Å². The molecule has 4 rings (SSSR count). The summed E-state index contributed by atoms with van der Waals surface area (Å²) < 4.78 is 30.2. The molecule has 29 heavy (non-hydrogen) atoms. The summed E-state index contributed by atoms with van der Waals surface area (Å²) in [5.74, 6) is 0.592. The summed E-state index contributed by atoms with van der Waals surface area (Å²) in [5.41, 5.74) is 0.892. The maximum atomic E-state index is 13.4. The van der Waals surface area contributed by atoms with Crippen molar-refractivity contribution >= 4 is 46.0 Å². The first-order valence-corrected chi connectivity index (χ1v) is 12.5. The maximum absolute atomic E-state index is 13.4. The molecule has 0 N–H and O–H groups in total. The van der Waals surface area contributed by atoms with E-state index in [1.54, 1.807) is 12.1 Å². The molecule has 1 saturated heterocycles. The molecule has 0 unspecified atom stereocenters. The molecule has 0 aliphatic carbocycles. The largest absolute Gasteiger partial charge is 0.273 e. The van der Waals surface area contributed by atoms with Crippen LogP contribution in [0.4, 0.5) is 0 Å². The Morgan fingerprint density at radius 3 is 2.45 bits per heavy atom. The van der Waals surface area contributed by atoms with Crippen molar-refractivity contribution in [2.45, 2.75) is 27.8 Å². The molecule has 1 aliphatic heterocycles. The van der Waals surface area contributed by atoms with Gasteiger partial charge in [-0.3, -0.25) is 4.57 Å². The number of para-hydroxylation sites is 1. The topological polar surface area (TPSA) is 68.1 Å². The first-order chi connectivity index (χ1) is 13.9. The van der Waals surface area contributed by atoms with Crippen molar-refractivity contribution in [3.05, 3.63) is 65.4 Å². The minimum atomic E-state index is -3.74. The highest BCUT2D eigenvalue weighted by Gasteiger charge is 2.42. The monoisotopic (exact) mass is 466 g/mol. The van der Waals surface area contributed by atoms with Crippen LogP contribution in [-0.2, 0) is 10.0 Å². The average molecular weight is 467 g/mol. The molecule has 1 aromatic heterocycles. The number of thiol groups is 1. The summed E-state index contributed by atoms with van der Waals surface area (Å²) in [6.45, 7) is 0.301. The standard InChI is InChI=1S/C19H19ClN4O2S3/c1-28-19-22-21-18(24(19)14-5-3-2-4-6-14)17-11-15(27)12-23(17)29(25,26)16-9-7-13(20)8-10-16/h2-10,15,17,27H,11-12H2,1H3/t15-,17+/m1/s1. The van der Waals surface area contributed by atoms with E-state index in [1.807, 2.05) is 41.2 Å². The normalized spacial score (nSPS) is 20.2. The molecule has 6 nitrogen and oxygen atoms in total. The molecule has 0 bridgehead atoms. The summed E-state index contributed by atoms with van der Waals surface area (Å²) in [4.78, 5) is 0.199. The molecular weight excluding hydrogens is 448 g/mol. The summed E-state index contributed by atoms with van der Waals surface area (Å²) >= 11 is 12.0. The van der Waals surface area contributed by atoms with E-state index in [0.29, 0.717) is 29.0 Å². The van der Waals surface area contributed by atoms with Crippen molar-refractivity contribution in [2.75, 3.05) is 12.8 Å². The van der Waals surface area contributed by atoms with Crippen LogP contribution < -0.4 is 0 Å². The summed E-state index contributed by atoms with van der Waals surface area (Å²) in [7, 11) is -3.74. The van der Waals surface area contributed by atoms with E-state index in [-0.39, 0.29) is 10.1 Å². The molecule has 2 aromatic carbocycles. The Bertz CT molecular complexity index is 1100. The van der Waals surface area contributed by atoms with E-state index >= 15 is 0 Å². The number of thioether (sulfide) groups is 1. The van der Waals surface area contributed by atoms with Crippen LogP contribution in [0.1, 0.15) is 18.3 Å². The Labute approximate surface area is 184 Å². The van der Waals surface area contributed by atoms with Crippen molar-refractivity contribution in [1.29, 1.82) is 0 Å². The maximum Gasteiger partial charge on any atom is 0.243 e. The zero-order valence-electron chi connectivity index (χ0n) is 15.5. The Morgan fingerprint density at radius 2 is 1.79 bits per heavy atom. The highest BCUT2D eigenvalue weighted by molar-refractivity contribution is 7.98. The molecule has 152 valence electrons. The molecule has 0 amide bonds. The first-order valence-electron chi connectivity index (χ1n) is 8.92. The lowest BCUT2D eigenvalue weighted by Gasteiger charge is -2.24. The molecule has 1 fully saturated rings. The second-order valence-electron chi connectivity index (χ2n) is 6.65. The number of halogens is 1. The lowest BCUT2D eigenvalue weighted by Crippen LogP contribution is -2.32. The van der Waals surface area contributed by atoms with Crippen LogP contribution in [0, 0.1) is 0 Å². The van der Waals surface area contributed by atoms with Gasteiger partial charge in [0, 0.05) is 22.5 Å². The number of benzene rings is 2. The van der Waals surface area contributed by atoms with Gasteiger partial charge in [-0.25, -0.2) is 8.42 Å². The Morgan fingerprint density at radius 1 is 1.10 bits per heavy atom. The highest BCUT2D eigenvalue weighted by atomic mass is 35.5. The van der Waals surface area contributed by atoms with Gasteiger partial charge < -0.3 is 0 Å². The van der Waals surface area contributed by atoms with Gasteiger partial charge in [-0.15, -0.1) is 10.2 Å². The van der Waals surface area contributed by atoms with Gasteiger partial charge in [0.05, 0.1) is 10.9 Å². The number of aromatic nitrogens is 3. The zero-order chi connectivity index (χ0) is 20.6. The minimum Gasteiger partial charge on any atom is -0.273 e. The van der Waals surface area contributed by atoms with Crippen molar-refractivity contribution in [1.82, 2.24) is 19.1 Å². The van der Waals surface area contributed by atoms with Crippen molar-refractivity contribution in [3.8, 4) is 5.69 Å². The predicted molar refractivity (Wildman–Crippen MR) is 119 cm³/mol. The third kappa shape index (κ3) is 3.94. The second kappa shape index (κ2) is 8.31. The molecule has 0 saturated carbocycles. The third-order valence-corrected chi connectivity index (χ3v) is 7.95. The van der Waals surface area contributed by atoms with Gasteiger partial charge >= 0.3 is 0 Å². The SMILES string of the molecule is CSc1nnc([C@@H]2C[C@@H](S)CN2S(=O)(=O)c2ccc(Cl)cc2)n1-c1ccccc1. The van der Waals surface area contributed by atoms with Crippen LogP contribution in [-0.4, -0.2) is 45.5 Å². The van der Waals surface area contributed by atoms with E-state index in [1.165, 1.54) is 28.2 Å². The van der Waals surface area contributed by atoms with Gasteiger partial charge in [0.1, 0.15) is 0 Å². The summed E-state index contributed by atoms with van der Waals surface area (Å²) in [6, 6.07) is 15.4. The fraction of sp³-hybridized carbons (Fsp3) is 0.263. The molecule has 3 aromatic rings. The molecule has 1 aliphatic rings. The zero-order valence-corrected chi connectivity index (χ0v) is 18.8. The van der Waals surface area contributed by atoms with E-state index in [2.05, 4.69) is 22.8 Å². The van der Waals surface area contributed by atoms with Gasteiger partial charge in [-0.05, 0) is 49.1 Å². The molecule has 10 heteroatoms. The molecule has 2 atom stereocenters. The first kappa shape index (κ1) is 20.7. The molecular formula is C19H19ClN4O2S3. The van der Waals surface area contributed by atoms with Gasteiger partial charge in [0.2, 0.25) is 10.0 Å². The predicted octanol–water partition coefficient (Wildman–Crippen LogP) is 4.08. The summed E-state index contributed by atoms with van der Waals surface area (Å²) in [5, 5.41) is 9.77. The summed E-state index contributed by atoms with van der Waals surface area (Å²) in [6.07, 6.45) is 2.47. The number of rotatable bonds is 5. The lowest BCUT2D eigenvalue weighted by atomic mass is 10.2.